The summed E-state index contributed by atoms with van der Waals surface area (Å²) >= 11 is 1.95. The van der Waals surface area contributed by atoms with E-state index < -0.39 is 0 Å². The van der Waals surface area contributed by atoms with Crippen molar-refractivity contribution in [2.45, 2.75) is 38.5 Å². The highest BCUT2D eigenvalue weighted by molar-refractivity contribution is 7.98. The molecule has 1 aromatic rings. The summed E-state index contributed by atoms with van der Waals surface area (Å²) in [7, 11) is 0. The van der Waals surface area contributed by atoms with E-state index in [4.69, 9.17) is 0 Å². The van der Waals surface area contributed by atoms with Gasteiger partial charge < -0.3 is 5.32 Å². The second-order valence-corrected chi connectivity index (χ2v) is 5.86. The number of likely N-dealkylation sites (N-methyl/N-ethyl adjacent to an activating group) is 1. The van der Waals surface area contributed by atoms with E-state index in [1.165, 1.54) is 30.6 Å². The van der Waals surface area contributed by atoms with Crippen LogP contribution >= 0.6 is 11.8 Å². The number of thioether (sulfide) groups is 1. The van der Waals surface area contributed by atoms with Crippen LogP contribution in [-0.4, -0.2) is 25.1 Å². The molecular formula is C16H27NS. The van der Waals surface area contributed by atoms with Gasteiger partial charge in [-0.3, -0.25) is 0 Å². The summed E-state index contributed by atoms with van der Waals surface area (Å²) in [4.78, 5) is 0. The normalized spacial score (nSPS) is 14.4. The van der Waals surface area contributed by atoms with E-state index in [1.807, 2.05) is 11.8 Å². The zero-order chi connectivity index (χ0) is 13.3. The number of nitrogens with one attached hydrogen (secondary N) is 1. The van der Waals surface area contributed by atoms with Crippen molar-refractivity contribution in [2.24, 2.45) is 0 Å². The Hall–Kier alpha value is -0.470. The third kappa shape index (κ3) is 4.33. The Kier molecular flexibility index (Phi) is 7.45. The van der Waals surface area contributed by atoms with Crippen LogP contribution < -0.4 is 5.32 Å². The molecule has 1 unspecified atom stereocenters. The minimum absolute atomic E-state index is 0.312. The fraction of sp³-hybridized carbons (Fsp3) is 0.625. The summed E-state index contributed by atoms with van der Waals surface area (Å²) < 4.78 is 0. The first-order chi connectivity index (χ1) is 8.79. The molecule has 1 aromatic carbocycles. The monoisotopic (exact) mass is 265 g/mol. The molecule has 0 fully saturated rings. The van der Waals surface area contributed by atoms with Gasteiger partial charge in [0, 0.05) is 12.0 Å². The van der Waals surface area contributed by atoms with Crippen molar-refractivity contribution in [3.05, 3.63) is 35.9 Å². The van der Waals surface area contributed by atoms with Gasteiger partial charge >= 0.3 is 0 Å². The van der Waals surface area contributed by atoms with Crippen LogP contribution in [0.4, 0.5) is 0 Å². The van der Waals surface area contributed by atoms with Gasteiger partial charge in [0.05, 0.1) is 0 Å². The smallest absolute Gasteiger partial charge is 0.00754 e. The number of hydrogen-bond donors (Lipinski definition) is 1. The van der Waals surface area contributed by atoms with Gasteiger partial charge in [-0.2, -0.15) is 11.8 Å². The molecule has 0 saturated heterocycles. The van der Waals surface area contributed by atoms with Gasteiger partial charge in [-0.05, 0) is 43.4 Å². The van der Waals surface area contributed by atoms with E-state index in [9.17, 15) is 0 Å². The van der Waals surface area contributed by atoms with Gasteiger partial charge in [0.2, 0.25) is 0 Å². The van der Waals surface area contributed by atoms with E-state index in [0.717, 1.165) is 13.1 Å². The Labute approximate surface area is 117 Å². The summed E-state index contributed by atoms with van der Waals surface area (Å²) in [5.74, 6) is 1.26. The Bertz CT molecular complexity index is 312. The molecular weight excluding hydrogens is 238 g/mol. The van der Waals surface area contributed by atoms with E-state index >= 15 is 0 Å². The Morgan fingerprint density at radius 1 is 1.17 bits per heavy atom. The molecule has 0 saturated carbocycles. The highest BCUT2D eigenvalue weighted by Gasteiger charge is 2.28. The molecule has 0 heterocycles. The largest absolute Gasteiger partial charge is 0.316 e. The van der Waals surface area contributed by atoms with Crippen molar-refractivity contribution in [3.8, 4) is 0 Å². The van der Waals surface area contributed by atoms with E-state index in [0.29, 0.717) is 5.41 Å². The van der Waals surface area contributed by atoms with Crippen LogP contribution in [-0.2, 0) is 5.41 Å². The van der Waals surface area contributed by atoms with Crippen molar-refractivity contribution in [1.29, 1.82) is 0 Å². The zero-order valence-corrected chi connectivity index (χ0v) is 12.9. The van der Waals surface area contributed by atoms with E-state index in [1.54, 1.807) is 0 Å². The van der Waals surface area contributed by atoms with Crippen LogP contribution in [0.1, 0.15) is 38.7 Å². The maximum absolute atomic E-state index is 3.56. The Morgan fingerprint density at radius 2 is 1.89 bits per heavy atom. The second-order valence-electron chi connectivity index (χ2n) is 4.88. The molecule has 102 valence electrons. The predicted molar refractivity (Wildman–Crippen MR) is 84.6 cm³/mol. The number of hydrogen-bond acceptors (Lipinski definition) is 2. The van der Waals surface area contributed by atoms with E-state index in [2.05, 4.69) is 55.8 Å². The molecule has 1 N–H and O–H groups in total. The number of benzene rings is 1. The average molecular weight is 265 g/mol. The van der Waals surface area contributed by atoms with Crippen molar-refractivity contribution >= 4 is 11.8 Å². The molecule has 1 nitrogen and oxygen atoms in total. The van der Waals surface area contributed by atoms with Crippen molar-refractivity contribution in [2.75, 3.05) is 25.1 Å². The maximum Gasteiger partial charge on any atom is 0.00754 e. The maximum atomic E-state index is 3.56. The first-order valence-corrected chi connectivity index (χ1v) is 8.43. The molecule has 1 atom stereocenters. The van der Waals surface area contributed by atoms with E-state index in [-0.39, 0.29) is 0 Å². The molecule has 0 aliphatic carbocycles. The molecule has 2 heteroatoms. The molecule has 0 amide bonds. The lowest BCUT2D eigenvalue weighted by molar-refractivity contribution is 0.355. The lowest BCUT2D eigenvalue weighted by Crippen LogP contribution is -2.38. The molecule has 0 radical (unpaired) electrons. The van der Waals surface area contributed by atoms with Crippen LogP contribution in [0.25, 0.3) is 0 Å². The summed E-state index contributed by atoms with van der Waals surface area (Å²) in [6, 6.07) is 11.0. The Balaban J connectivity index is 2.83. The standard InChI is InChI=1S/C16H27NS/c1-4-16(14-17-5-2,12-9-13-18-3)15-10-7-6-8-11-15/h6-8,10-11,17H,4-5,9,12-14H2,1-3H3. The topological polar surface area (TPSA) is 12.0 Å². The number of rotatable bonds is 9. The molecule has 0 bridgehead atoms. The summed E-state index contributed by atoms with van der Waals surface area (Å²) in [5.41, 5.74) is 1.81. The highest BCUT2D eigenvalue weighted by Crippen LogP contribution is 2.32. The van der Waals surface area contributed by atoms with Gasteiger partial charge in [0.25, 0.3) is 0 Å². The molecule has 0 aliphatic rings. The lowest BCUT2D eigenvalue weighted by atomic mass is 9.74. The van der Waals surface area contributed by atoms with Crippen LogP contribution in [0.15, 0.2) is 30.3 Å². The molecule has 0 spiro atoms. The van der Waals surface area contributed by atoms with Crippen LogP contribution in [0.5, 0.6) is 0 Å². The molecule has 1 rings (SSSR count). The summed E-state index contributed by atoms with van der Waals surface area (Å²) in [5, 5.41) is 3.56. The fourth-order valence-electron chi connectivity index (χ4n) is 2.55. The SMILES string of the molecule is CCNCC(CC)(CCCSC)c1ccccc1. The quantitative estimate of drug-likeness (QED) is 0.675. The lowest BCUT2D eigenvalue weighted by Gasteiger charge is -2.34. The van der Waals surface area contributed by atoms with Gasteiger partial charge in [-0.15, -0.1) is 0 Å². The summed E-state index contributed by atoms with van der Waals surface area (Å²) in [6.07, 6.45) is 5.98. The minimum atomic E-state index is 0.312. The Morgan fingerprint density at radius 3 is 2.44 bits per heavy atom. The third-order valence-electron chi connectivity index (χ3n) is 3.78. The van der Waals surface area contributed by atoms with Crippen molar-refractivity contribution in [1.82, 2.24) is 5.32 Å². The van der Waals surface area contributed by atoms with Crippen molar-refractivity contribution in [3.63, 3.8) is 0 Å². The van der Waals surface area contributed by atoms with Gasteiger partial charge in [-0.25, -0.2) is 0 Å². The van der Waals surface area contributed by atoms with Crippen LogP contribution in [0.3, 0.4) is 0 Å². The van der Waals surface area contributed by atoms with Crippen LogP contribution in [0.2, 0.25) is 0 Å². The first-order valence-electron chi connectivity index (χ1n) is 7.04. The summed E-state index contributed by atoms with van der Waals surface area (Å²) in [6.45, 7) is 6.66. The van der Waals surface area contributed by atoms with Gasteiger partial charge in [0.15, 0.2) is 0 Å². The first kappa shape index (κ1) is 15.6. The fourth-order valence-corrected chi connectivity index (χ4v) is 2.98. The average Bonchev–Trinajstić information content (AvgIpc) is 2.44. The van der Waals surface area contributed by atoms with Crippen molar-refractivity contribution < 1.29 is 0 Å². The predicted octanol–water partition coefficient (Wildman–Crippen LogP) is 4.09. The second kappa shape index (κ2) is 8.60. The third-order valence-corrected chi connectivity index (χ3v) is 4.48. The molecule has 0 aliphatic heterocycles. The minimum Gasteiger partial charge on any atom is -0.316 e. The zero-order valence-electron chi connectivity index (χ0n) is 12.0. The van der Waals surface area contributed by atoms with Gasteiger partial charge in [-0.1, -0.05) is 44.2 Å². The van der Waals surface area contributed by atoms with Crippen LogP contribution in [0, 0.1) is 0 Å². The van der Waals surface area contributed by atoms with Gasteiger partial charge in [0.1, 0.15) is 0 Å². The molecule has 18 heavy (non-hydrogen) atoms. The molecule has 0 aromatic heterocycles. The highest BCUT2D eigenvalue weighted by atomic mass is 32.2.